The third-order valence-corrected chi connectivity index (χ3v) is 8.34. The second-order valence-corrected chi connectivity index (χ2v) is 10.4. The summed E-state index contributed by atoms with van der Waals surface area (Å²) >= 11 is 0. The Bertz CT molecular complexity index is 1760. The molecule has 3 fully saturated rings. The molecule has 200 valence electrons. The van der Waals surface area contributed by atoms with Gasteiger partial charge in [0.1, 0.15) is 17.7 Å². The molecule has 7 nitrogen and oxygen atoms in total. The molecule has 0 radical (unpaired) electrons. The van der Waals surface area contributed by atoms with E-state index in [0.717, 1.165) is 37.8 Å². The molecule has 10 heteroatoms. The fourth-order valence-electron chi connectivity index (χ4n) is 6.54. The molecule has 0 spiro atoms. The van der Waals surface area contributed by atoms with Crippen LogP contribution >= 0.6 is 0 Å². The number of aliphatic carboxylic acids is 1. The van der Waals surface area contributed by atoms with Crippen LogP contribution in [0.15, 0.2) is 42.6 Å². The lowest BCUT2D eigenvalue weighted by molar-refractivity contribution is -0.148. The maximum absolute atomic E-state index is 16.5. The largest absolute Gasteiger partial charge is 0.481 e. The first-order valence-corrected chi connectivity index (χ1v) is 12.9. The van der Waals surface area contributed by atoms with Crippen molar-refractivity contribution in [1.82, 2.24) is 9.97 Å². The number of carboxylic acid groups (broad SMARTS) is 1. The highest BCUT2D eigenvalue weighted by molar-refractivity contribution is 5.98. The number of anilines is 1. The normalized spacial score (nSPS) is 21.6. The molecule has 3 aliphatic carbocycles. The average molecular weight is 542 g/mol. The van der Waals surface area contributed by atoms with Crippen molar-refractivity contribution >= 4 is 22.7 Å². The molecule has 0 saturated heterocycles. The smallest absolute Gasteiger partial charge is 0.308 e. The van der Waals surface area contributed by atoms with E-state index in [4.69, 9.17) is 0 Å². The number of rotatable bonds is 5. The van der Waals surface area contributed by atoms with E-state index in [1.807, 2.05) is 12.1 Å². The first-order valence-electron chi connectivity index (χ1n) is 12.9. The number of fused-ring (bicyclic) bond motifs is 4. The molecule has 3 N–H and O–H groups in total. The van der Waals surface area contributed by atoms with Crippen LogP contribution in [0, 0.1) is 57.9 Å². The van der Waals surface area contributed by atoms with Crippen LogP contribution in [-0.2, 0) is 4.79 Å². The Morgan fingerprint density at radius 3 is 2.45 bits per heavy atom. The standard InChI is InChI=1S/C30H22F3N5O2/c31-17-9-19-21(13-36-28(19)22(32)10-17)27-20(12-35)24(18-4-2-1-3-16(18)11-34)25(33)29(38-27)37-26-15-7-5-14(6-8-15)23(26)30(39)40/h1-4,9-10,13-15,23,26,36H,5-8H2,(H,37,38)(H,39,40)/t14?,15?,23-,26-/m1/s1. The van der Waals surface area contributed by atoms with Gasteiger partial charge < -0.3 is 15.4 Å². The zero-order valence-electron chi connectivity index (χ0n) is 21.0. The maximum Gasteiger partial charge on any atom is 0.308 e. The number of carboxylic acids is 1. The van der Waals surface area contributed by atoms with E-state index < -0.39 is 35.4 Å². The molecule has 2 aromatic carbocycles. The summed E-state index contributed by atoms with van der Waals surface area (Å²) in [6, 6.07) is 11.4. The minimum atomic E-state index is -0.973. The molecule has 3 saturated carbocycles. The Balaban J connectivity index is 1.62. The number of carbonyl (C=O) groups is 1. The number of pyridine rings is 1. The van der Waals surface area contributed by atoms with E-state index >= 15 is 4.39 Å². The minimum Gasteiger partial charge on any atom is -0.481 e. The Hall–Kier alpha value is -4.83. The fraction of sp³-hybridized carbons (Fsp3) is 0.267. The van der Waals surface area contributed by atoms with Crippen molar-refractivity contribution in [3.8, 4) is 34.5 Å². The van der Waals surface area contributed by atoms with Crippen LogP contribution in [0.4, 0.5) is 19.0 Å². The van der Waals surface area contributed by atoms with Gasteiger partial charge in [-0.3, -0.25) is 4.79 Å². The summed E-state index contributed by atoms with van der Waals surface area (Å²) in [5.41, 5.74) is -0.0974. The minimum absolute atomic E-state index is 0.0162. The summed E-state index contributed by atoms with van der Waals surface area (Å²) in [4.78, 5) is 19.5. The second-order valence-electron chi connectivity index (χ2n) is 10.4. The van der Waals surface area contributed by atoms with Crippen LogP contribution in [0.5, 0.6) is 0 Å². The molecule has 4 aromatic rings. The highest BCUT2D eigenvalue weighted by Crippen LogP contribution is 2.47. The van der Waals surface area contributed by atoms with Crippen LogP contribution in [0.2, 0.25) is 0 Å². The van der Waals surface area contributed by atoms with Gasteiger partial charge in [0.25, 0.3) is 0 Å². The van der Waals surface area contributed by atoms with E-state index in [2.05, 4.69) is 15.3 Å². The number of aromatic amines is 1. The Morgan fingerprint density at radius 2 is 1.75 bits per heavy atom. The third-order valence-electron chi connectivity index (χ3n) is 8.34. The molecular formula is C30H22F3N5O2. The summed E-state index contributed by atoms with van der Waals surface area (Å²) < 4.78 is 45.2. The van der Waals surface area contributed by atoms with Gasteiger partial charge in [-0.15, -0.1) is 0 Å². The van der Waals surface area contributed by atoms with Crippen LogP contribution in [0.3, 0.4) is 0 Å². The van der Waals surface area contributed by atoms with Crippen molar-refractivity contribution in [1.29, 1.82) is 10.5 Å². The van der Waals surface area contributed by atoms with Crippen molar-refractivity contribution < 1.29 is 23.1 Å². The van der Waals surface area contributed by atoms with Gasteiger partial charge in [0.2, 0.25) is 0 Å². The number of benzene rings is 2. The van der Waals surface area contributed by atoms with Crippen molar-refractivity contribution in [2.75, 3.05) is 5.32 Å². The second kappa shape index (κ2) is 9.73. The first kappa shape index (κ1) is 25.4. The highest BCUT2D eigenvalue weighted by Gasteiger charge is 2.47. The summed E-state index contributed by atoms with van der Waals surface area (Å²) in [6.07, 6.45) is 4.51. The number of aromatic nitrogens is 2. The number of halogens is 3. The summed E-state index contributed by atoms with van der Waals surface area (Å²) in [5.74, 6) is -4.69. The van der Waals surface area contributed by atoms with E-state index in [0.29, 0.717) is 0 Å². The van der Waals surface area contributed by atoms with E-state index in [9.17, 15) is 29.2 Å². The van der Waals surface area contributed by atoms with E-state index in [1.54, 1.807) is 12.1 Å². The van der Waals surface area contributed by atoms with Crippen LogP contribution in [-0.4, -0.2) is 27.1 Å². The number of nitrogens with one attached hydrogen (secondary N) is 2. The van der Waals surface area contributed by atoms with Gasteiger partial charge in [0, 0.05) is 40.4 Å². The molecule has 7 rings (SSSR count). The van der Waals surface area contributed by atoms with Gasteiger partial charge in [-0.2, -0.15) is 10.5 Å². The molecule has 0 amide bonds. The molecule has 2 atom stereocenters. The molecule has 2 aromatic heterocycles. The van der Waals surface area contributed by atoms with Crippen molar-refractivity contribution in [2.24, 2.45) is 17.8 Å². The molecular weight excluding hydrogens is 519 g/mol. The number of nitrogens with zero attached hydrogens (tertiary/aromatic N) is 3. The Morgan fingerprint density at radius 1 is 1.02 bits per heavy atom. The van der Waals surface area contributed by atoms with Gasteiger partial charge in [-0.25, -0.2) is 18.2 Å². The van der Waals surface area contributed by atoms with Gasteiger partial charge in [-0.05, 0) is 49.7 Å². The lowest BCUT2D eigenvalue weighted by atomic mass is 9.61. The van der Waals surface area contributed by atoms with Gasteiger partial charge in [0.15, 0.2) is 11.6 Å². The molecule has 0 aliphatic heterocycles. The highest BCUT2D eigenvalue weighted by atomic mass is 19.1. The SMILES string of the molecule is N#Cc1ccccc1-c1c(F)c(N[C@@H]2C3CCC(CC3)[C@H]2C(=O)O)nc(-c2c[nH]c3c(F)cc(F)cc23)c1C#N. The molecule has 0 unspecified atom stereocenters. The van der Waals surface area contributed by atoms with Crippen molar-refractivity contribution in [2.45, 2.75) is 31.7 Å². The fourth-order valence-corrected chi connectivity index (χ4v) is 6.54. The van der Waals surface area contributed by atoms with Crippen LogP contribution in [0.1, 0.15) is 36.8 Å². The van der Waals surface area contributed by atoms with Crippen LogP contribution < -0.4 is 5.32 Å². The lowest BCUT2D eigenvalue weighted by Gasteiger charge is -2.47. The maximum atomic E-state index is 16.5. The number of hydrogen-bond donors (Lipinski definition) is 3. The van der Waals surface area contributed by atoms with Crippen molar-refractivity contribution in [3.05, 3.63) is 71.2 Å². The van der Waals surface area contributed by atoms with E-state index in [1.165, 1.54) is 18.3 Å². The quantitative estimate of drug-likeness (QED) is 0.270. The number of hydrogen-bond acceptors (Lipinski definition) is 5. The number of H-pyrrole nitrogens is 1. The monoisotopic (exact) mass is 541 g/mol. The van der Waals surface area contributed by atoms with Gasteiger partial charge in [0.05, 0.1) is 34.3 Å². The molecule has 40 heavy (non-hydrogen) atoms. The number of nitriles is 2. The van der Waals surface area contributed by atoms with Gasteiger partial charge in [-0.1, -0.05) is 18.2 Å². The predicted octanol–water partition coefficient (Wildman–Crippen LogP) is 6.36. The lowest BCUT2D eigenvalue weighted by Crippen LogP contribution is -2.51. The van der Waals surface area contributed by atoms with Gasteiger partial charge >= 0.3 is 5.97 Å². The first-order chi connectivity index (χ1) is 19.3. The molecule has 2 heterocycles. The third kappa shape index (κ3) is 3.95. The predicted molar refractivity (Wildman–Crippen MR) is 140 cm³/mol. The summed E-state index contributed by atoms with van der Waals surface area (Å²) in [6.45, 7) is 0. The molecule has 2 bridgehead atoms. The topological polar surface area (TPSA) is 126 Å². The van der Waals surface area contributed by atoms with Crippen LogP contribution in [0.25, 0.3) is 33.3 Å². The van der Waals surface area contributed by atoms with E-state index in [-0.39, 0.29) is 62.1 Å². The zero-order valence-corrected chi connectivity index (χ0v) is 21.0. The summed E-state index contributed by atoms with van der Waals surface area (Å²) in [5, 5.41) is 33.2. The average Bonchev–Trinajstić information content (AvgIpc) is 3.38. The Kier molecular flexibility index (Phi) is 6.19. The van der Waals surface area contributed by atoms with Crippen molar-refractivity contribution in [3.63, 3.8) is 0 Å². The zero-order chi connectivity index (χ0) is 28.1. The molecule has 3 aliphatic rings. The summed E-state index contributed by atoms with van der Waals surface area (Å²) in [7, 11) is 0. The Labute approximate surface area is 226 Å².